The molecule has 0 radical (unpaired) electrons. The number of nitrogens with zero attached hydrogens (tertiary/aromatic N) is 2. The van der Waals surface area contributed by atoms with Gasteiger partial charge in [-0.25, -0.2) is 18.7 Å². The Morgan fingerprint density at radius 1 is 0.818 bits per heavy atom. The predicted octanol–water partition coefficient (Wildman–Crippen LogP) is 6.65. The Kier molecular flexibility index (Phi) is 7.76. The predicted molar refractivity (Wildman–Crippen MR) is 159 cm³/mol. The number of hydrogen-bond acceptors (Lipinski definition) is 7. The molecule has 5 aromatic rings. The molecule has 1 saturated carbocycles. The monoisotopic (exact) mass is 596 g/mol. The van der Waals surface area contributed by atoms with Crippen molar-refractivity contribution in [3.8, 4) is 23.1 Å². The maximum Gasteiger partial charge on any atom is 0.240 e. The Hall–Kier alpha value is -5.58. The standard InChI is InChI=1S/C33H26F2N4O5/c1-42-28-16-24-26(17-29(28)43-18-20-5-3-2-4-6-20)36-19-37-30(24)44-27-12-11-23(15-25(27)35)39-32(41)33(13-14-33)31(40)38-22-9-7-21(34)8-10-22/h2-12,15-17,19H,13-14,18H2,1H3,(H,38,40)(H,39,41). The first-order valence-electron chi connectivity index (χ1n) is 13.7. The number of methoxy groups -OCH3 is 1. The Morgan fingerprint density at radius 3 is 2.20 bits per heavy atom. The van der Waals surface area contributed by atoms with E-state index in [0.29, 0.717) is 47.5 Å². The number of fused-ring (bicyclic) bond motifs is 1. The average Bonchev–Trinajstić information content (AvgIpc) is 3.85. The van der Waals surface area contributed by atoms with Crippen LogP contribution in [0.2, 0.25) is 0 Å². The van der Waals surface area contributed by atoms with Crippen LogP contribution in [0.15, 0.2) is 91.3 Å². The third-order valence-corrected chi connectivity index (χ3v) is 7.24. The number of amides is 2. The van der Waals surface area contributed by atoms with Crippen LogP contribution in [0.3, 0.4) is 0 Å². The van der Waals surface area contributed by atoms with Crippen molar-refractivity contribution in [1.29, 1.82) is 0 Å². The number of nitrogens with one attached hydrogen (secondary N) is 2. The lowest BCUT2D eigenvalue weighted by molar-refractivity contribution is -0.131. The fraction of sp³-hybridized carbons (Fsp3) is 0.152. The summed E-state index contributed by atoms with van der Waals surface area (Å²) in [6, 6.07) is 22.2. The van der Waals surface area contributed by atoms with Gasteiger partial charge in [-0.15, -0.1) is 0 Å². The van der Waals surface area contributed by atoms with Crippen molar-refractivity contribution in [3.63, 3.8) is 0 Å². The molecule has 2 amide bonds. The van der Waals surface area contributed by atoms with Crippen molar-refractivity contribution in [2.45, 2.75) is 19.4 Å². The van der Waals surface area contributed by atoms with Gasteiger partial charge in [0.15, 0.2) is 23.1 Å². The number of halogens is 2. The smallest absolute Gasteiger partial charge is 0.240 e. The molecule has 11 heteroatoms. The molecule has 0 bridgehead atoms. The molecule has 44 heavy (non-hydrogen) atoms. The molecule has 2 N–H and O–H groups in total. The van der Waals surface area contributed by atoms with Crippen molar-refractivity contribution in [2.75, 3.05) is 17.7 Å². The zero-order chi connectivity index (χ0) is 30.7. The third kappa shape index (κ3) is 5.98. The van der Waals surface area contributed by atoms with E-state index in [1.165, 1.54) is 49.8 Å². The molecular formula is C33H26F2N4O5. The van der Waals surface area contributed by atoms with Crippen LogP contribution in [-0.2, 0) is 16.2 Å². The van der Waals surface area contributed by atoms with E-state index < -0.39 is 28.9 Å². The van der Waals surface area contributed by atoms with E-state index in [2.05, 4.69) is 20.6 Å². The summed E-state index contributed by atoms with van der Waals surface area (Å²) in [5, 5.41) is 5.72. The fourth-order valence-electron chi connectivity index (χ4n) is 4.61. The molecule has 4 aromatic carbocycles. The maximum absolute atomic E-state index is 15.2. The first-order valence-corrected chi connectivity index (χ1v) is 13.7. The summed E-state index contributed by atoms with van der Waals surface area (Å²) >= 11 is 0. The van der Waals surface area contributed by atoms with Crippen LogP contribution < -0.4 is 24.8 Å². The Bertz CT molecular complexity index is 1850. The SMILES string of the molecule is COc1cc2c(Oc3ccc(NC(=O)C4(C(=O)Nc5ccc(F)cc5)CC4)cc3F)ncnc2cc1OCc1ccccc1. The average molecular weight is 597 g/mol. The highest BCUT2D eigenvalue weighted by Crippen LogP contribution is 2.47. The highest BCUT2D eigenvalue weighted by Gasteiger charge is 2.56. The molecule has 0 saturated heterocycles. The third-order valence-electron chi connectivity index (χ3n) is 7.24. The molecular weight excluding hydrogens is 570 g/mol. The second kappa shape index (κ2) is 12.0. The molecule has 9 nitrogen and oxygen atoms in total. The first kappa shape index (κ1) is 28.5. The van der Waals surface area contributed by atoms with Gasteiger partial charge in [0.2, 0.25) is 17.7 Å². The lowest BCUT2D eigenvalue weighted by Crippen LogP contribution is -2.35. The molecule has 0 spiro atoms. The van der Waals surface area contributed by atoms with Gasteiger partial charge in [-0.1, -0.05) is 30.3 Å². The van der Waals surface area contributed by atoms with Crippen molar-refractivity contribution >= 4 is 34.1 Å². The lowest BCUT2D eigenvalue weighted by Gasteiger charge is -2.16. The second-order valence-electron chi connectivity index (χ2n) is 10.2. The topological polar surface area (TPSA) is 112 Å². The number of carbonyl (C=O) groups is 2. The summed E-state index contributed by atoms with van der Waals surface area (Å²) in [6.07, 6.45) is 1.96. The van der Waals surface area contributed by atoms with E-state index in [9.17, 15) is 14.0 Å². The Balaban J connectivity index is 1.15. The largest absolute Gasteiger partial charge is 0.493 e. The molecule has 222 valence electrons. The van der Waals surface area contributed by atoms with E-state index in [0.717, 1.165) is 11.6 Å². The number of rotatable bonds is 10. The van der Waals surface area contributed by atoms with Crippen LogP contribution >= 0.6 is 0 Å². The number of benzene rings is 4. The summed E-state index contributed by atoms with van der Waals surface area (Å²) in [5.74, 6) is -1.43. The number of ether oxygens (including phenoxy) is 3. The number of hydrogen-bond donors (Lipinski definition) is 2. The normalized spacial score (nSPS) is 13.2. The molecule has 0 unspecified atom stereocenters. The van der Waals surface area contributed by atoms with Gasteiger partial charge in [0, 0.05) is 23.5 Å². The van der Waals surface area contributed by atoms with Crippen LogP contribution in [0, 0.1) is 17.0 Å². The number of carbonyl (C=O) groups excluding carboxylic acids is 2. The highest BCUT2D eigenvalue weighted by atomic mass is 19.1. The Labute approximate surface area is 250 Å². The van der Waals surface area contributed by atoms with Crippen LogP contribution in [0.1, 0.15) is 18.4 Å². The second-order valence-corrected chi connectivity index (χ2v) is 10.2. The van der Waals surface area contributed by atoms with Gasteiger partial charge in [0.25, 0.3) is 0 Å². The van der Waals surface area contributed by atoms with Crippen LogP contribution in [0.25, 0.3) is 10.9 Å². The summed E-state index contributed by atoms with van der Waals surface area (Å²) in [6.45, 7) is 0.325. The molecule has 1 aliphatic rings. The summed E-state index contributed by atoms with van der Waals surface area (Å²) in [5.41, 5.74) is 0.709. The molecule has 6 rings (SSSR count). The van der Waals surface area contributed by atoms with E-state index in [1.54, 1.807) is 12.1 Å². The van der Waals surface area contributed by atoms with Crippen LogP contribution in [-0.4, -0.2) is 28.9 Å². The van der Waals surface area contributed by atoms with Crippen molar-refractivity contribution in [3.05, 3.63) is 108 Å². The minimum atomic E-state index is -1.29. The van der Waals surface area contributed by atoms with Crippen molar-refractivity contribution in [2.24, 2.45) is 5.41 Å². The fourth-order valence-corrected chi connectivity index (χ4v) is 4.61. The maximum atomic E-state index is 15.2. The molecule has 0 atom stereocenters. The van der Waals surface area contributed by atoms with Gasteiger partial charge in [0.05, 0.1) is 18.0 Å². The van der Waals surface area contributed by atoms with E-state index in [4.69, 9.17) is 14.2 Å². The van der Waals surface area contributed by atoms with E-state index >= 15 is 4.39 Å². The van der Waals surface area contributed by atoms with Gasteiger partial charge in [-0.05, 0) is 60.9 Å². The van der Waals surface area contributed by atoms with Crippen LogP contribution in [0.5, 0.6) is 23.1 Å². The molecule has 1 fully saturated rings. The van der Waals surface area contributed by atoms with E-state index in [1.807, 2.05) is 30.3 Å². The Morgan fingerprint density at radius 2 is 1.52 bits per heavy atom. The van der Waals surface area contributed by atoms with Gasteiger partial charge in [0.1, 0.15) is 24.2 Å². The summed E-state index contributed by atoms with van der Waals surface area (Å²) < 4.78 is 45.7. The summed E-state index contributed by atoms with van der Waals surface area (Å²) in [4.78, 5) is 34.3. The minimum Gasteiger partial charge on any atom is -0.493 e. The lowest BCUT2D eigenvalue weighted by atomic mass is 10.0. The van der Waals surface area contributed by atoms with Gasteiger partial charge in [-0.3, -0.25) is 9.59 Å². The van der Waals surface area contributed by atoms with Gasteiger partial charge < -0.3 is 24.8 Å². The van der Waals surface area contributed by atoms with Crippen molar-refractivity contribution < 1.29 is 32.6 Å². The molecule has 1 aromatic heterocycles. The number of anilines is 2. The number of aromatic nitrogens is 2. The first-order chi connectivity index (χ1) is 21.3. The van der Waals surface area contributed by atoms with Gasteiger partial charge >= 0.3 is 0 Å². The van der Waals surface area contributed by atoms with Crippen molar-refractivity contribution in [1.82, 2.24) is 9.97 Å². The minimum absolute atomic E-state index is 0.0907. The van der Waals surface area contributed by atoms with E-state index in [-0.39, 0.29) is 17.3 Å². The highest BCUT2D eigenvalue weighted by molar-refractivity contribution is 6.16. The molecule has 1 heterocycles. The van der Waals surface area contributed by atoms with Crippen LogP contribution in [0.4, 0.5) is 20.2 Å². The molecule has 1 aliphatic carbocycles. The summed E-state index contributed by atoms with van der Waals surface area (Å²) in [7, 11) is 1.51. The zero-order valence-corrected chi connectivity index (χ0v) is 23.5. The quantitative estimate of drug-likeness (QED) is 0.174. The van der Waals surface area contributed by atoms with Gasteiger partial charge in [-0.2, -0.15) is 0 Å². The zero-order valence-electron chi connectivity index (χ0n) is 23.5. The molecule has 0 aliphatic heterocycles.